The van der Waals surface area contributed by atoms with Gasteiger partial charge in [0.1, 0.15) is 22.9 Å². The number of pyridine rings is 2. The summed E-state index contributed by atoms with van der Waals surface area (Å²) < 4.78 is 34.7. The lowest BCUT2D eigenvalue weighted by Gasteiger charge is -2.26. The van der Waals surface area contributed by atoms with Crippen molar-refractivity contribution in [3.05, 3.63) is 96.7 Å². The zero-order valence-corrected chi connectivity index (χ0v) is 24.0. The van der Waals surface area contributed by atoms with Gasteiger partial charge in [0, 0.05) is 18.0 Å². The molecule has 0 fully saturated rings. The molecule has 13 heteroatoms. The summed E-state index contributed by atoms with van der Waals surface area (Å²) in [5.74, 6) is -1.28. The monoisotopic (exact) mass is 590 g/mol. The second kappa shape index (κ2) is 12.8. The predicted octanol–water partition coefficient (Wildman–Crippen LogP) is 4.02. The van der Waals surface area contributed by atoms with Crippen molar-refractivity contribution in [2.75, 3.05) is 11.4 Å². The van der Waals surface area contributed by atoms with E-state index in [-0.39, 0.29) is 22.8 Å². The van der Waals surface area contributed by atoms with E-state index in [1.54, 1.807) is 45.3 Å². The quantitative estimate of drug-likeness (QED) is 0.276. The predicted molar refractivity (Wildman–Crippen MR) is 154 cm³/mol. The molecule has 12 nitrogen and oxygen atoms in total. The van der Waals surface area contributed by atoms with Crippen LogP contribution in [0, 0.1) is 0 Å². The van der Waals surface area contributed by atoms with Gasteiger partial charge in [0.05, 0.1) is 24.1 Å². The first-order valence-corrected chi connectivity index (χ1v) is 14.4. The van der Waals surface area contributed by atoms with Crippen molar-refractivity contribution in [1.82, 2.24) is 24.9 Å². The van der Waals surface area contributed by atoms with E-state index in [0.29, 0.717) is 0 Å². The first kappa shape index (κ1) is 30.2. The third-order valence-corrected chi connectivity index (χ3v) is 7.31. The molecule has 2 N–H and O–H groups in total. The molecule has 1 unspecified atom stereocenters. The first-order valence-electron chi connectivity index (χ1n) is 12.9. The SMILES string of the molecule is CC(C)(C)OC(=O)N(CC(=O)O)c1cccc(C(Cc2ccc(-c3ccnnc3)cc2)NS(=O)(=O)c2cccnc2)n1. The lowest BCUT2D eigenvalue weighted by atomic mass is 10.0. The fraction of sp³-hybridized carbons (Fsp3) is 0.241. The molecule has 0 saturated carbocycles. The molecule has 42 heavy (non-hydrogen) atoms. The minimum Gasteiger partial charge on any atom is -0.480 e. The minimum atomic E-state index is -4.04. The number of nitrogens with one attached hydrogen (secondary N) is 1. The van der Waals surface area contributed by atoms with Crippen molar-refractivity contribution < 1.29 is 27.9 Å². The number of hydrogen-bond donors (Lipinski definition) is 2. The number of aliphatic carboxylic acids is 1. The van der Waals surface area contributed by atoms with E-state index in [9.17, 15) is 23.1 Å². The molecule has 1 amide bonds. The van der Waals surface area contributed by atoms with E-state index in [2.05, 4.69) is 24.9 Å². The maximum absolute atomic E-state index is 13.3. The normalized spacial score (nSPS) is 12.4. The number of carboxylic acid groups (broad SMARTS) is 1. The largest absolute Gasteiger partial charge is 0.480 e. The van der Waals surface area contributed by atoms with Gasteiger partial charge in [0.15, 0.2) is 0 Å². The molecule has 3 heterocycles. The van der Waals surface area contributed by atoms with Crippen molar-refractivity contribution >= 4 is 27.9 Å². The van der Waals surface area contributed by atoms with Crippen LogP contribution < -0.4 is 9.62 Å². The number of amides is 1. The Hall–Kier alpha value is -4.75. The van der Waals surface area contributed by atoms with Gasteiger partial charge in [0.2, 0.25) is 10.0 Å². The maximum atomic E-state index is 13.3. The molecule has 218 valence electrons. The smallest absolute Gasteiger partial charge is 0.416 e. The number of nitrogens with zero attached hydrogens (tertiary/aromatic N) is 5. The summed E-state index contributed by atoms with van der Waals surface area (Å²) in [4.78, 5) is 33.8. The second-order valence-electron chi connectivity index (χ2n) is 10.3. The van der Waals surface area contributed by atoms with E-state index < -0.39 is 40.3 Å². The zero-order chi connectivity index (χ0) is 30.3. The molecule has 0 aliphatic carbocycles. The van der Waals surface area contributed by atoms with Crippen LogP contribution >= 0.6 is 0 Å². The minimum absolute atomic E-state index is 0.00439. The summed E-state index contributed by atoms with van der Waals surface area (Å²) in [6, 6.07) is 16.0. The fourth-order valence-corrected chi connectivity index (χ4v) is 5.15. The van der Waals surface area contributed by atoms with Gasteiger partial charge in [-0.05, 0) is 68.7 Å². The number of carbonyl (C=O) groups excluding carboxylic acids is 1. The van der Waals surface area contributed by atoms with Crippen LogP contribution in [0.25, 0.3) is 11.1 Å². The van der Waals surface area contributed by atoms with E-state index in [0.717, 1.165) is 21.6 Å². The summed E-state index contributed by atoms with van der Waals surface area (Å²) in [7, 11) is -4.04. The number of sulfonamides is 1. The molecule has 0 aliphatic rings. The van der Waals surface area contributed by atoms with Crippen LogP contribution in [0.2, 0.25) is 0 Å². The average molecular weight is 591 g/mol. The Kier molecular flexibility index (Phi) is 9.23. The molecule has 0 aliphatic heterocycles. The molecule has 0 radical (unpaired) electrons. The summed E-state index contributed by atoms with van der Waals surface area (Å²) in [6.07, 6.45) is 5.23. The maximum Gasteiger partial charge on any atom is 0.416 e. The number of benzene rings is 1. The number of carbonyl (C=O) groups is 2. The fourth-order valence-electron chi connectivity index (χ4n) is 3.97. The second-order valence-corrected chi connectivity index (χ2v) is 12.0. The number of anilines is 1. The van der Waals surface area contributed by atoms with E-state index >= 15 is 0 Å². The van der Waals surface area contributed by atoms with Gasteiger partial charge in [-0.2, -0.15) is 10.2 Å². The standard InChI is InChI=1S/C29H30N6O6S/c1-29(2,3)41-28(38)35(19-27(36)37)26-8-4-7-24(33-26)25(34-42(39,40)23-6-5-14-30-18-23)16-20-9-11-21(12-10-20)22-13-15-31-32-17-22/h4-15,17-18,25,34H,16,19H2,1-3H3,(H,36,37). The highest BCUT2D eigenvalue weighted by molar-refractivity contribution is 7.89. The Labute approximate surface area is 243 Å². The molecular formula is C29H30N6O6S. The molecule has 0 spiro atoms. The van der Waals surface area contributed by atoms with Crippen molar-refractivity contribution in [2.45, 2.75) is 43.7 Å². The van der Waals surface area contributed by atoms with E-state index in [1.165, 1.54) is 30.6 Å². The molecule has 0 bridgehead atoms. The van der Waals surface area contributed by atoms with Gasteiger partial charge in [-0.1, -0.05) is 30.3 Å². The molecule has 4 aromatic rings. The number of carboxylic acids is 1. The highest BCUT2D eigenvalue weighted by Crippen LogP contribution is 2.25. The molecule has 3 aromatic heterocycles. The van der Waals surface area contributed by atoms with Crippen LogP contribution in [0.3, 0.4) is 0 Å². The topological polar surface area (TPSA) is 165 Å². The molecule has 0 saturated heterocycles. The van der Waals surface area contributed by atoms with E-state index in [1.807, 2.05) is 30.3 Å². The third kappa shape index (κ3) is 8.15. The van der Waals surface area contributed by atoms with Gasteiger partial charge >= 0.3 is 12.1 Å². The highest BCUT2D eigenvalue weighted by Gasteiger charge is 2.28. The van der Waals surface area contributed by atoms with E-state index in [4.69, 9.17) is 4.74 Å². The van der Waals surface area contributed by atoms with Crippen molar-refractivity contribution in [3.8, 4) is 11.1 Å². The van der Waals surface area contributed by atoms with Crippen molar-refractivity contribution in [3.63, 3.8) is 0 Å². The summed E-state index contributed by atoms with van der Waals surface area (Å²) >= 11 is 0. The van der Waals surface area contributed by atoms with Gasteiger partial charge in [-0.15, -0.1) is 0 Å². The Morgan fingerprint density at radius 2 is 1.71 bits per heavy atom. The number of hydrogen-bond acceptors (Lipinski definition) is 9. The van der Waals surface area contributed by atoms with Gasteiger partial charge in [-0.25, -0.2) is 22.9 Å². The molecule has 1 aromatic carbocycles. The number of rotatable bonds is 10. The molecule has 1 atom stereocenters. The lowest BCUT2D eigenvalue weighted by molar-refractivity contribution is -0.135. The molecular weight excluding hydrogens is 560 g/mol. The first-order chi connectivity index (χ1) is 19.9. The number of aromatic nitrogens is 4. The summed E-state index contributed by atoms with van der Waals surface area (Å²) in [5.41, 5.74) is 1.96. The third-order valence-electron chi connectivity index (χ3n) is 5.85. The van der Waals surface area contributed by atoms with Crippen LogP contribution in [-0.4, -0.2) is 57.9 Å². The number of ether oxygens (including phenoxy) is 1. The van der Waals surface area contributed by atoms with Crippen molar-refractivity contribution in [2.24, 2.45) is 0 Å². The van der Waals surface area contributed by atoms with Crippen LogP contribution in [-0.2, 0) is 26.0 Å². The van der Waals surface area contributed by atoms with Gasteiger partial charge < -0.3 is 9.84 Å². The Morgan fingerprint density at radius 3 is 2.33 bits per heavy atom. The Balaban J connectivity index is 1.70. The summed E-state index contributed by atoms with van der Waals surface area (Å²) in [5, 5.41) is 17.2. The average Bonchev–Trinajstić information content (AvgIpc) is 2.96. The van der Waals surface area contributed by atoms with Crippen molar-refractivity contribution in [1.29, 1.82) is 0 Å². The van der Waals surface area contributed by atoms with Crippen LogP contribution in [0.15, 0.2) is 90.3 Å². The molecule has 4 rings (SSSR count). The van der Waals surface area contributed by atoms with Crippen LogP contribution in [0.4, 0.5) is 10.6 Å². The van der Waals surface area contributed by atoms with Gasteiger partial charge in [0.25, 0.3) is 0 Å². The van der Waals surface area contributed by atoms with Crippen LogP contribution in [0.1, 0.15) is 38.1 Å². The Morgan fingerprint density at radius 1 is 0.952 bits per heavy atom. The van der Waals surface area contributed by atoms with Crippen LogP contribution in [0.5, 0.6) is 0 Å². The highest BCUT2D eigenvalue weighted by atomic mass is 32.2. The zero-order valence-electron chi connectivity index (χ0n) is 23.2. The lowest BCUT2D eigenvalue weighted by Crippen LogP contribution is -2.40. The summed E-state index contributed by atoms with van der Waals surface area (Å²) in [6.45, 7) is 4.27. The van der Waals surface area contributed by atoms with Gasteiger partial charge in [-0.3, -0.25) is 14.7 Å². The Bertz CT molecular complexity index is 1630.